The van der Waals surface area contributed by atoms with E-state index in [0.717, 1.165) is 29.7 Å². The van der Waals surface area contributed by atoms with Crippen molar-refractivity contribution in [1.29, 1.82) is 0 Å². The third kappa shape index (κ3) is 3.30. The van der Waals surface area contributed by atoms with E-state index >= 15 is 0 Å². The minimum atomic E-state index is -3.31. The summed E-state index contributed by atoms with van der Waals surface area (Å²) in [7, 11) is -3.31. The number of carbonyl (C=O) groups excluding carboxylic acids is 1. The van der Waals surface area contributed by atoms with Crippen molar-refractivity contribution in [3.05, 3.63) is 46.0 Å². The van der Waals surface area contributed by atoms with E-state index in [9.17, 15) is 22.0 Å². The molecule has 0 unspecified atom stereocenters. The predicted octanol–water partition coefficient (Wildman–Crippen LogP) is 1.99. The summed E-state index contributed by atoms with van der Waals surface area (Å²) >= 11 is 1.10. The van der Waals surface area contributed by atoms with Crippen LogP contribution in [0.3, 0.4) is 0 Å². The number of nitrogens with one attached hydrogen (secondary N) is 1. The number of fused-ring (bicyclic) bond motifs is 1. The van der Waals surface area contributed by atoms with Crippen LogP contribution in [-0.4, -0.2) is 36.4 Å². The molecule has 1 aromatic carbocycles. The van der Waals surface area contributed by atoms with Crippen LogP contribution in [0.15, 0.2) is 18.2 Å². The molecule has 1 N–H and O–H groups in total. The van der Waals surface area contributed by atoms with Gasteiger partial charge < -0.3 is 0 Å². The largest absolute Gasteiger partial charge is 0.298 e. The average Bonchev–Trinajstić information content (AvgIpc) is 2.87. The Bertz CT molecular complexity index is 892. The number of aromatic nitrogens is 1. The molecule has 0 bridgehead atoms. The van der Waals surface area contributed by atoms with Crippen LogP contribution in [0.5, 0.6) is 0 Å². The Balaban J connectivity index is 1.81. The molecule has 0 aliphatic carbocycles. The number of hydrogen-bond acceptors (Lipinski definition) is 5. The maximum Gasteiger partial charge on any atom is 0.263 e. The normalized spacial score (nSPS) is 15.1. The Kier molecular flexibility index (Phi) is 4.37. The highest BCUT2D eigenvalue weighted by Crippen LogP contribution is 2.29. The SMILES string of the molecule is CS(=O)(=O)N1CCc2nc(NC(=O)c3c(F)cccc3F)sc2C1. The molecule has 1 aliphatic rings. The van der Waals surface area contributed by atoms with Gasteiger partial charge in [0.05, 0.1) is 11.9 Å². The number of amides is 1. The number of halogens is 2. The van der Waals surface area contributed by atoms with Gasteiger partial charge in [-0.05, 0) is 12.1 Å². The lowest BCUT2D eigenvalue weighted by molar-refractivity contribution is 0.101. The highest BCUT2D eigenvalue weighted by molar-refractivity contribution is 7.88. The van der Waals surface area contributed by atoms with Crippen LogP contribution in [-0.2, 0) is 23.0 Å². The zero-order chi connectivity index (χ0) is 17.5. The van der Waals surface area contributed by atoms with Gasteiger partial charge in [0, 0.05) is 24.4 Å². The van der Waals surface area contributed by atoms with E-state index in [0.29, 0.717) is 23.5 Å². The Morgan fingerprint density at radius 2 is 2.00 bits per heavy atom. The van der Waals surface area contributed by atoms with Gasteiger partial charge in [-0.2, -0.15) is 4.31 Å². The van der Waals surface area contributed by atoms with E-state index in [4.69, 9.17) is 0 Å². The number of anilines is 1. The van der Waals surface area contributed by atoms with Gasteiger partial charge in [0.15, 0.2) is 5.13 Å². The summed E-state index contributed by atoms with van der Waals surface area (Å²) in [6.07, 6.45) is 1.55. The zero-order valence-electron chi connectivity index (χ0n) is 12.5. The second-order valence-corrected chi connectivity index (χ2v) is 8.35. The summed E-state index contributed by atoms with van der Waals surface area (Å²) in [4.78, 5) is 17.0. The number of carbonyl (C=O) groups is 1. The van der Waals surface area contributed by atoms with Gasteiger partial charge in [0.1, 0.15) is 17.2 Å². The lowest BCUT2D eigenvalue weighted by atomic mass is 10.2. The molecule has 128 valence electrons. The summed E-state index contributed by atoms with van der Waals surface area (Å²) in [5.41, 5.74) is 0.00707. The molecule has 0 atom stereocenters. The van der Waals surface area contributed by atoms with Crippen molar-refractivity contribution in [3.8, 4) is 0 Å². The minimum Gasteiger partial charge on any atom is -0.298 e. The molecule has 1 aliphatic heterocycles. The Labute approximate surface area is 141 Å². The second-order valence-electron chi connectivity index (χ2n) is 5.29. The Hall–Kier alpha value is -1.91. The summed E-state index contributed by atoms with van der Waals surface area (Å²) in [6, 6.07) is 3.16. The van der Waals surface area contributed by atoms with Crippen molar-refractivity contribution in [2.75, 3.05) is 18.1 Å². The summed E-state index contributed by atoms with van der Waals surface area (Å²) < 4.78 is 51.8. The fraction of sp³-hybridized carbons (Fsp3) is 0.286. The minimum absolute atomic E-state index is 0.176. The third-order valence-corrected chi connectivity index (χ3v) is 5.82. The molecule has 1 amide bonds. The van der Waals surface area contributed by atoms with Crippen molar-refractivity contribution in [1.82, 2.24) is 9.29 Å². The van der Waals surface area contributed by atoms with Gasteiger partial charge in [0.2, 0.25) is 10.0 Å². The maximum absolute atomic E-state index is 13.6. The van der Waals surface area contributed by atoms with Crippen LogP contribution in [0, 0.1) is 11.6 Å². The van der Waals surface area contributed by atoms with Crippen molar-refractivity contribution in [2.45, 2.75) is 13.0 Å². The van der Waals surface area contributed by atoms with Crippen LogP contribution in [0.4, 0.5) is 13.9 Å². The molecule has 1 aromatic heterocycles. The molecular formula is C14H13F2N3O3S2. The van der Waals surface area contributed by atoms with Crippen LogP contribution in [0.25, 0.3) is 0 Å². The van der Waals surface area contributed by atoms with E-state index in [-0.39, 0.29) is 11.7 Å². The Morgan fingerprint density at radius 1 is 1.33 bits per heavy atom. The van der Waals surface area contributed by atoms with Crippen LogP contribution < -0.4 is 5.32 Å². The van der Waals surface area contributed by atoms with Gasteiger partial charge in [0.25, 0.3) is 5.91 Å². The number of sulfonamides is 1. The Morgan fingerprint density at radius 3 is 2.62 bits per heavy atom. The predicted molar refractivity (Wildman–Crippen MR) is 85.4 cm³/mol. The highest BCUT2D eigenvalue weighted by Gasteiger charge is 2.27. The number of benzene rings is 1. The maximum atomic E-state index is 13.6. The van der Waals surface area contributed by atoms with Crippen LogP contribution in [0.2, 0.25) is 0 Å². The first-order valence-corrected chi connectivity index (χ1v) is 9.61. The molecule has 2 heterocycles. The number of hydrogen-bond donors (Lipinski definition) is 1. The zero-order valence-corrected chi connectivity index (χ0v) is 14.2. The van der Waals surface area contributed by atoms with Gasteiger partial charge in [-0.15, -0.1) is 11.3 Å². The van der Waals surface area contributed by atoms with Crippen molar-refractivity contribution >= 4 is 32.4 Å². The molecule has 24 heavy (non-hydrogen) atoms. The van der Waals surface area contributed by atoms with Crippen molar-refractivity contribution in [2.24, 2.45) is 0 Å². The van der Waals surface area contributed by atoms with Crippen LogP contribution in [0.1, 0.15) is 20.9 Å². The third-order valence-electron chi connectivity index (χ3n) is 3.58. The monoisotopic (exact) mass is 373 g/mol. The molecule has 0 fully saturated rings. The first-order valence-electron chi connectivity index (χ1n) is 6.95. The van der Waals surface area contributed by atoms with Crippen molar-refractivity contribution in [3.63, 3.8) is 0 Å². The molecule has 2 aromatic rings. The summed E-state index contributed by atoms with van der Waals surface area (Å²) in [5, 5.41) is 2.55. The van der Waals surface area contributed by atoms with Gasteiger partial charge >= 0.3 is 0 Å². The lowest BCUT2D eigenvalue weighted by Crippen LogP contribution is -2.34. The van der Waals surface area contributed by atoms with E-state index in [1.807, 2.05) is 0 Å². The van der Waals surface area contributed by atoms with Crippen LogP contribution >= 0.6 is 11.3 Å². The van der Waals surface area contributed by atoms with Crippen molar-refractivity contribution < 1.29 is 22.0 Å². The van der Waals surface area contributed by atoms with E-state index < -0.39 is 33.1 Å². The molecule has 10 heteroatoms. The van der Waals surface area contributed by atoms with E-state index in [2.05, 4.69) is 10.3 Å². The molecular weight excluding hydrogens is 360 g/mol. The first-order chi connectivity index (χ1) is 11.3. The first kappa shape index (κ1) is 16.9. The standard InChI is InChI=1S/C14H13F2N3O3S2/c1-24(21,22)19-6-5-10-11(7-19)23-14(17-10)18-13(20)12-8(15)3-2-4-9(12)16/h2-4H,5-7H2,1H3,(H,17,18,20). The molecule has 0 saturated carbocycles. The quantitative estimate of drug-likeness (QED) is 0.892. The summed E-state index contributed by atoms with van der Waals surface area (Å²) in [5.74, 6) is -2.86. The average molecular weight is 373 g/mol. The van der Waals surface area contributed by atoms with Gasteiger partial charge in [-0.1, -0.05) is 6.07 Å². The topological polar surface area (TPSA) is 79.4 Å². The van der Waals surface area contributed by atoms with E-state index in [1.54, 1.807) is 0 Å². The number of thiazole rings is 1. The number of rotatable bonds is 3. The smallest absolute Gasteiger partial charge is 0.263 e. The highest BCUT2D eigenvalue weighted by atomic mass is 32.2. The second kappa shape index (κ2) is 6.19. The molecule has 6 nitrogen and oxygen atoms in total. The fourth-order valence-electron chi connectivity index (χ4n) is 2.38. The lowest BCUT2D eigenvalue weighted by Gasteiger charge is -2.23. The van der Waals surface area contributed by atoms with Gasteiger partial charge in [-0.25, -0.2) is 22.2 Å². The molecule has 0 spiro atoms. The molecule has 3 rings (SSSR count). The number of nitrogens with zero attached hydrogens (tertiary/aromatic N) is 2. The molecule has 0 saturated heterocycles. The fourth-order valence-corrected chi connectivity index (χ4v) is 4.27. The van der Waals surface area contributed by atoms with E-state index in [1.165, 1.54) is 10.4 Å². The van der Waals surface area contributed by atoms with Gasteiger partial charge in [-0.3, -0.25) is 10.1 Å². The molecule has 0 radical (unpaired) electrons. The summed E-state index contributed by atoms with van der Waals surface area (Å²) in [6.45, 7) is 0.487.